The molecule has 0 bridgehead atoms. The first kappa shape index (κ1) is 66.6. The van der Waals surface area contributed by atoms with Gasteiger partial charge < -0.3 is 18.3 Å². The third-order valence-corrected chi connectivity index (χ3v) is 23.9. The largest absolute Gasteiger partial charge is 0.309 e. The van der Waals surface area contributed by atoms with E-state index in [4.69, 9.17) is 24.9 Å². The van der Waals surface area contributed by atoms with E-state index in [0.29, 0.717) is 23.3 Å². The fourth-order valence-corrected chi connectivity index (χ4v) is 18.5. The molecule has 6 aromatic heterocycles. The van der Waals surface area contributed by atoms with Crippen LogP contribution in [-0.2, 0) is 0 Å². The molecule has 0 saturated carbocycles. The number of hydrogen-bond donors (Lipinski definition) is 0. The van der Waals surface area contributed by atoms with Gasteiger partial charge in [0.2, 0.25) is 0 Å². The van der Waals surface area contributed by atoms with E-state index in [9.17, 15) is 0 Å². The van der Waals surface area contributed by atoms with Gasteiger partial charge >= 0.3 is 0 Å². The van der Waals surface area contributed by atoms with Gasteiger partial charge in [0.1, 0.15) is 0 Å². The zero-order chi connectivity index (χ0) is 77.5. The molecule has 18 aromatic carbocycles. The maximum atomic E-state index is 5.54. The fourth-order valence-electron chi connectivity index (χ4n) is 18.5. The van der Waals surface area contributed by atoms with E-state index in [1.807, 2.05) is 24.3 Å². The molecule has 0 aliphatic rings. The highest BCUT2D eigenvalue weighted by atomic mass is 15.0. The molecule has 24 rings (SSSR count). The van der Waals surface area contributed by atoms with Gasteiger partial charge in [0.25, 0.3) is 0 Å². The second-order valence-electron chi connectivity index (χ2n) is 30.7. The third-order valence-electron chi connectivity index (χ3n) is 23.9. The number of nitrogens with zero attached hydrogens (tertiary/aromatic N) is 9. The first-order chi connectivity index (χ1) is 58.5. The Morgan fingerprint density at radius 2 is 0.542 bits per heavy atom. The van der Waals surface area contributed by atoms with Crippen molar-refractivity contribution >= 4 is 120 Å². The van der Waals surface area contributed by atoms with E-state index in [1.54, 1.807) is 0 Å². The lowest BCUT2D eigenvalue weighted by atomic mass is 9.98. The number of benzene rings is 18. The minimum atomic E-state index is 0.602. The van der Waals surface area contributed by atoms with Crippen molar-refractivity contribution in [1.29, 1.82) is 0 Å². The van der Waals surface area contributed by atoms with Crippen molar-refractivity contribution in [3.05, 3.63) is 406 Å². The molecule has 0 radical (unpaired) electrons. The van der Waals surface area contributed by atoms with Crippen LogP contribution in [0.1, 0.15) is 0 Å². The van der Waals surface area contributed by atoms with Gasteiger partial charge in [-0.2, -0.15) is 0 Å². The quantitative estimate of drug-likeness (QED) is 0.122. The molecule has 548 valence electrons. The average Bonchev–Trinajstić information content (AvgIpc) is 1.54. The topological polar surface area (TPSA) is 84.2 Å². The van der Waals surface area contributed by atoms with E-state index >= 15 is 0 Å². The van der Waals surface area contributed by atoms with Crippen LogP contribution < -0.4 is 0 Å². The van der Waals surface area contributed by atoms with E-state index in [1.165, 1.54) is 38.0 Å². The molecule has 0 atom stereocenters. The van der Waals surface area contributed by atoms with Crippen molar-refractivity contribution in [3.8, 4) is 113 Å². The van der Waals surface area contributed by atoms with Gasteiger partial charge in [0.15, 0.2) is 23.3 Å². The van der Waals surface area contributed by atoms with Crippen LogP contribution in [0.3, 0.4) is 0 Å². The van der Waals surface area contributed by atoms with Crippen LogP contribution in [0.15, 0.2) is 406 Å². The molecule has 0 aliphatic heterocycles. The van der Waals surface area contributed by atoms with Crippen molar-refractivity contribution in [2.45, 2.75) is 0 Å². The summed E-state index contributed by atoms with van der Waals surface area (Å²) in [6.07, 6.45) is 0. The van der Waals surface area contributed by atoms with Crippen LogP contribution in [0.5, 0.6) is 0 Å². The monoisotopic (exact) mass is 1500 g/mol. The third kappa shape index (κ3) is 10.8. The van der Waals surface area contributed by atoms with Gasteiger partial charge in [-0.25, -0.2) is 24.9 Å². The Bertz CT molecular complexity index is 8240. The SMILES string of the molecule is c1ccc(-c2cccc(-c3nc(-c4ccccc4)nc(-c4ccc5ccc(-n6c7ccccc7c7c6ccc6c8cccc(-c9cccc(-c%10cc(-c%11ccc%12cc(-n%13c%14ccccc%14c%14c%13ccc%13c%15ccccc%15n(-c%15ccccc%15)c%13%14)ccc%12c%11)nc(-c%11ccc%12ccccc%12c%11)n%10)c9)c8n(-c8ccccc8)c67)cc5c4)n3)c2)cc1. The molecule has 0 N–H and O–H groups in total. The summed E-state index contributed by atoms with van der Waals surface area (Å²) in [7, 11) is 0. The molecule has 6 heterocycles. The van der Waals surface area contributed by atoms with Crippen molar-refractivity contribution in [2.75, 3.05) is 0 Å². The van der Waals surface area contributed by atoms with Crippen LogP contribution in [0.25, 0.3) is 233 Å². The van der Waals surface area contributed by atoms with Crippen LogP contribution in [0, 0.1) is 0 Å². The number of para-hydroxylation sites is 6. The van der Waals surface area contributed by atoms with E-state index < -0.39 is 0 Å². The van der Waals surface area contributed by atoms with Crippen LogP contribution >= 0.6 is 0 Å². The van der Waals surface area contributed by atoms with Gasteiger partial charge in [0.05, 0.1) is 55.5 Å². The predicted molar refractivity (Wildman–Crippen MR) is 489 cm³/mol. The van der Waals surface area contributed by atoms with Crippen molar-refractivity contribution in [2.24, 2.45) is 0 Å². The highest BCUT2D eigenvalue weighted by Crippen LogP contribution is 2.48. The van der Waals surface area contributed by atoms with E-state index in [-0.39, 0.29) is 0 Å². The van der Waals surface area contributed by atoms with Gasteiger partial charge in [-0.15, -0.1) is 0 Å². The smallest absolute Gasteiger partial charge is 0.164 e. The molecular weight excluding hydrogens is 1440 g/mol. The Morgan fingerprint density at radius 3 is 1.20 bits per heavy atom. The van der Waals surface area contributed by atoms with Gasteiger partial charge in [-0.3, -0.25) is 0 Å². The molecule has 24 aromatic rings. The first-order valence-corrected chi connectivity index (χ1v) is 40.1. The molecule has 0 fully saturated rings. The Balaban J connectivity index is 0.628. The van der Waals surface area contributed by atoms with E-state index in [0.717, 1.165) is 171 Å². The number of rotatable bonds is 12. The summed E-state index contributed by atoms with van der Waals surface area (Å²) in [5.74, 6) is 2.48. The molecule has 9 nitrogen and oxygen atoms in total. The Morgan fingerprint density at radius 1 is 0.161 bits per heavy atom. The minimum Gasteiger partial charge on any atom is -0.309 e. The lowest BCUT2D eigenvalue weighted by Crippen LogP contribution is -2.00. The molecule has 0 unspecified atom stereocenters. The zero-order valence-electron chi connectivity index (χ0n) is 63.7. The molecule has 0 saturated heterocycles. The standard InChI is InChI=1S/C109H67N9/c1-5-24-68(25-6-1)73-30-21-33-79(61-73)108-112-106(71-27-7-2-8-28-71)113-109(114-108)81-51-47-70-52-54-86(66-82(70)64-81)116-98-45-20-17-40-93(98)102-100(116)59-57-91-89-42-23-41-87(103(89)118(105(91)102)84-36-11-4-12-37-84)76-31-22-32-77(63-76)94-67-95(111-107(110-94)80-50-46-69-26-13-14-29-72(69)62-80)78-49-48-75-65-85(55-53-74(75)60-78)115-97-44-19-16-39-92(97)101-99(115)58-56-90-88-38-15-18-43-96(88)117(104(90)101)83-34-9-3-10-35-83/h1-67H. The van der Waals surface area contributed by atoms with Gasteiger partial charge in [0, 0.05) is 105 Å². The summed E-state index contributed by atoms with van der Waals surface area (Å²) >= 11 is 0. The van der Waals surface area contributed by atoms with Crippen molar-refractivity contribution < 1.29 is 0 Å². The molecular formula is C109H67N9. The highest BCUT2D eigenvalue weighted by molar-refractivity contribution is 6.29. The van der Waals surface area contributed by atoms with Gasteiger partial charge in [-0.05, 0) is 164 Å². The normalized spacial score (nSPS) is 11.9. The predicted octanol–water partition coefficient (Wildman–Crippen LogP) is 27.8. The van der Waals surface area contributed by atoms with Crippen LogP contribution in [0.2, 0.25) is 0 Å². The molecule has 0 amide bonds. The minimum absolute atomic E-state index is 0.602. The molecule has 9 heteroatoms. The highest BCUT2D eigenvalue weighted by Gasteiger charge is 2.26. The zero-order valence-corrected chi connectivity index (χ0v) is 63.7. The van der Waals surface area contributed by atoms with Crippen molar-refractivity contribution in [1.82, 2.24) is 43.2 Å². The summed E-state index contributed by atoms with van der Waals surface area (Å²) in [5.41, 5.74) is 25.2. The summed E-state index contributed by atoms with van der Waals surface area (Å²) < 4.78 is 9.84. The molecule has 118 heavy (non-hydrogen) atoms. The Hall–Kier alpha value is -16.0. The van der Waals surface area contributed by atoms with E-state index in [2.05, 4.69) is 400 Å². The Kier molecular flexibility index (Phi) is 15.2. The number of hydrogen-bond acceptors (Lipinski definition) is 5. The number of aromatic nitrogens is 9. The lowest BCUT2D eigenvalue weighted by molar-refractivity contribution is 1.07. The fraction of sp³-hybridized carbons (Fsp3) is 0. The second kappa shape index (κ2) is 26.9. The Labute approximate surface area is 677 Å². The van der Waals surface area contributed by atoms with Crippen LogP contribution in [0.4, 0.5) is 0 Å². The average molecular weight is 1500 g/mol. The summed E-state index contributed by atoms with van der Waals surface area (Å²) in [6.45, 7) is 0. The summed E-state index contributed by atoms with van der Waals surface area (Å²) in [5, 5.41) is 16.3. The summed E-state index contributed by atoms with van der Waals surface area (Å²) in [6, 6.07) is 147. The van der Waals surface area contributed by atoms with Crippen molar-refractivity contribution in [3.63, 3.8) is 0 Å². The molecule has 0 spiro atoms. The lowest BCUT2D eigenvalue weighted by Gasteiger charge is -2.14. The van der Waals surface area contributed by atoms with Gasteiger partial charge in [-0.1, -0.05) is 291 Å². The first-order valence-electron chi connectivity index (χ1n) is 40.1. The summed E-state index contributed by atoms with van der Waals surface area (Å²) in [4.78, 5) is 26.6. The maximum absolute atomic E-state index is 5.54. The maximum Gasteiger partial charge on any atom is 0.164 e. The number of fused-ring (bicyclic) bond motifs is 17. The van der Waals surface area contributed by atoms with Crippen LogP contribution in [-0.4, -0.2) is 43.2 Å². The second-order valence-corrected chi connectivity index (χ2v) is 30.7. The molecule has 0 aliphatic carbocycles.